The van der Waals surface area contributed by atoms with Crippen molar-refractivity contribution in [1.29, 1.82) is 0 Å². The quantitative estimate of drug-likeness (QED) is 0.355. The van der Waals surface area contributed by atoms with Crippen LogP contribution in [0.1, 0.15) is 48.9 Å². The first-order chi connectivity index (χ1) is 17.7. The molecule has 4 N–H and O–H groups in total. The fourth-order valence-corrected chi connectivity index (χ4v) is 5.02. The van der Waals surface area contributed by atoms with Crippen molar-refractivity contribution in [3.05, 3.63) is 48.3 Å². The summed E-state index contributed by atoms with van der Waals surface area (Å²) in [6.07, 6.45) is 8.66. The van der Waals surface area contributed by atoms with Gasteiger partial charge in [0.1, 0.15) is 11.6 Å². The Morgan fingerprint density at radius 3 is 2.70 bits per heavy atom. The fraction of sp³-hybridized carbons (Fsp3) is 0.375. The van der Waals surface area contributed by atoms with Crippen LogP contribution in [0.2, 0.25) is 0 Å². The second-order valence-electron chi connectivity index (χ2n) is 9.30. The van der Waals surface area contributed by atoms with Gasteiger partial charge < -0.3 is 25.7 Å². The number of amides is 1. The summed E-state index contributed by atoms with van der Waals surface area (Å²) in [6, 6.07) is 3.64. The Kier molecular flexibility index (Phi) is 6.65. The van der Waals surface area contributed by atoms with Crippen LogP contribution in [-0.4, -0.2) is 64.6 Å². The minimum absolute atomic E-state index is 0.0251. The zero-order valence-corrected chi connectivity index (χ0v) is 21.3. The largest absolute Gasteiger partial charge is 0.404 e. The predicted octanol–water partition coefficient (Wildman–Crippen LogP) is 2.14. The van der Waals surface area contributed by atoms with E-state index in [9.17, 15) is 13.2 Å². The molecule has 1 aliphatic carbocycles. The van der Waals surface area contributed by atoms with E-state index in [4.69, 9.17) is 10.5 Å². The topological polar surface area (TPSA) is 166 Å². The molecule has 0 unspecified atom stereocenters. The molecule has 4 heterocycles. The number of carbonyl (C=O) groups excluding carboxylic acids is 1. The first kappa shape index (κ1) is 24.8. The molecule has 3 aromatic rings. The molecule has 0 radical (unpaired) electrons. The molecule has 3 aromatic heterocycles. The number of nitrogens with zero attached hydrogens (tertiary/aromatic N) is 5. The van der Waals surface area contributed by atoms with Gasteiger partial charge in [0.05, 0.1) is 47.4 Å². The number of rotatable bonds is 9. The van der Waals surface area contributed by atoms with E-state index < -0.39 is 15.3 Å². The van der Waals surface area contributed by atoms with Crippen LogP contribution in [0, 0.1) is 0 Å². The molecule has 2 fully saturated rings. The number of ether oxygens (including phenoxy) is 1. The van der Waals surface area contributed by atoms with E-state index in [1.165, 1.54) is 18.6 Å². The van der Waals surface area contributed by atoms with Gasteiger partial charge in [-0.3, -0.25) is 4.79 Å². The van der Waals surface area contributed by atoms with Gasteiger partial charge >= 0.3 is 0 Å². The van der Waals surface area contributed by atoms with Crippen LogP contribution < -0.4 is 16.4 Å². The van der Waals surface area contributed by atoms with Crippen molar-refractivity contribution in [2.45, 2.75) is 44.0 Å². The Hall–Kier alpha value is -3.84. The molecule has 13 heteroatoms. The smallest absolute Gasteiger partial charge is 0.255 e. The lowest BCUT2D eigenvalue weighted by Crippen LogP contribution is -2.48. The number of nitrogens with two attached hydrogens (primary N) is 1. The third-order valence-electron chi connectivity index (χ3n) is 6.13. The van der Waals surface area contributed by atoms with Crippen molar-refractivity contribution in [1.82, 2.24) is 24.8 Å². The monoisotopic (exact) mass is 524 g/mol. The highest BCUT2D eigenvalue weighted by Crippen LogP contribution is 2.30. The molecule has 1 amide bonds. The highest BCUT2D eigenvalue weighted by molar-refractivity contribution is 7.91. The van der Waals surface area contributed by atoms with E-state index in [1.807, 2.05) is 30.7 Å². The van der Waals surface area contributed by atoms with Gasteiger partial charge in [0, 0.05) is 42.3 Å². The van der Waals surface area contributed by atoms with E-state index in [0.717, 1.165) is 10.9 Å². The molecule has 12 nitrogen and oxygen atoms in total. The van der Waals surface area contributed by atoms with E-state index in [0.29, 0.717) is 43.3 Å². The summed E-state index contributed by atoms with van der Waals surface area (Å²) >= 11 is 0. The highest BCUT2D eigenvalue weighted by Gasteiger charge is 2.35. The zero-order valence-electron chi connectivity index (χ0n) is 20.5. The lowest BCUT2D eigenvalue weighted by Gasteiger charge is -2.26. The van der Waals surface area contributed by atoms with Gasteiger partial charge in [-0.15, -0.1) is 0 Å². The molecule has 0 spiro atoms. The molecule has 1 saturated carbocycles. The molecule has 37 heavy (non-hydrogen) atoms. The number of hydrogen-bond acceptors (Lipinski definition) is 9. The van der Waals surface area contributed by atoms with Crippen LogP contribution in [0.15, 0.2) is 41.3 Å². The fourth-order valence-electron chi connectivity index (χ4n) is 3.86. The highest BCUT2D eigenvalue weighted by atomic mass is 32.2. The average molecular weight is 525 g/mol. The Labute approximate surface area is 214 Å². The van der Waals surface area contributed by atoms with Gasteiger partial charge in [0.2, 0.25) is 0 Å². The van der Waals surface area contributed by atoms with Gasteiger partial charge in [-0.2, -0.15) is 4.40 Å². The van der Waals surface area contributed by atoms with Crippen LogP contribution >= 0.6 is 0 Å². The van der Waals surface area contributed by atoms with Crippen molar-refractivity contribution >= 4 is 50.3 Å². The SMILES string of the molecule is CC(C)n1cc(C(=O)NC2COC2)c2cnc(Nc3ccnc(C(/C=N\S(=O)(=O)C4CC4)=C/N)n3)cc21. The predicted molar refractivity (Wildman–Crippen MR) is 140 cm³/mol. The summed E-state index contributed by atoms with van der Waals surface area (Å²) in [6.45, 7) is 5.11. The maximum Gasteiger partial charge on any atom is 0.255 e. The van der Waals surface area contributed by atoms with Gasteiger partial charge in [-0.25, -0.2) is 23.4 Å². The number of aromatic nitrogens is 4. The number of allylic oxidation sites excluding steroid dienone is 1. The maximum atomic E-state index is 12.9. The summed E-state index contributed by atoms with van der Waals surface area (Å²) in [7, 11) is -3.55. The van der Waals surface area contributed by atoms with E-state index >= 15 is 0 Å². The second-order valence-corrected chi connectivity index (χ2v) is 11.2. The van der Waals surface area contributed by atoms with Crippen molar-refractivity contribution in [2.75, 3.05) is 18.5 Å². The van der Waals surface area contributed by atoms with Gasteiger partial charge in [0.25, 0.3) is 15.9 Å². The summed E-state index contributed by atoms with van der Waals surface area (Å²) in [5.74, 6) is 1.000. The molecular weight excluding hydrogens is 496 g/mol. The molecule has 1 aliphatic heterocycles. The maximum absolute atomic E-state index is 12.9. The average Bonchev–Trinajstić information content (AvgIpc) is 3.64. The Bertz CT molecular complexity index is 1500. The van der Waals surface area contributed by atoms with E-state index in [1.54, 1.807) is 12.3 Å². The molecule has 2 aliphatic rings. The first-order valence-corrected chi connectivity index (χ1v) is 13.5. The van der Waals surface area contributed by atoms with Gasteiger partial charge in [0.15, 0.2) is 5.82 Å². The summed E-state index contributed by atoms with van der Waals surface area (Å²) in [5, 5.41) is 6.45. The Balaban J connectivity index is 1.39. The second kappa shape index (κ2) is 9.90. The minimum Gasteiger partial charge on any atom is -0.404 e. The molecule has 5 rings (SSSR count). The molecule has 0 atom stereocenters. The normalized spacial score (nSPS) is 16.9. The lowest BCUT2D eigenvalue weighted by molar-refractivity contribution is -0.00343. The first-order valence-electron chi connectivity index (χ1n) is 12.0. The Morgan fingerprint density at radius 1 is 1.27 bits per heavy atom. The third kappa shape index (κ3) is 5.32. The van der Waals surface area contributed by atoms with Crippen molar-refractivity contribution in [3.63, 3.8) is 0 Å². The Morgan fingerprint density at radius 2 is 2.05 bits per heavy atom. The van der Waals surface area contributed by atoms with Crippen LogP contribution in [-0.2, 0) is 14.8 Å². The zero-order chi connectivity index (χ0) is 26.2. The van der Waals surface area contributed by atoms with E-state index in [2.05, 4.69) is 30.0 Å². The number of sulfonamides is 1. The van der Waals surface area contributed by atoms with Crippen LogP contribution in [0.25, 0.3) is 16.5 Å². The van der Waals surface area contributed by atoms with Crippen molar-refractivity contribution in [2.24, 2.45) is 10.1 Å². The van der Waals surface area contributed by atoms with Crippen LogP contribution in [0.3, 0.4) is 0 Å². The summed E-state index contributed by atoms with van der Waals surface area (Å²) in [4.78, 5) is 26.0. The van der Waals surface area contributed by atoms with Crippen molar-refractivity contribution < 1.29 is 17.9 Å². The molecule has 1 saturated heterocycles. The number of nitrogens with one attached hydrogen (secondary N) is 2. The standard InChI is InChI=1S/C24H28N8O4S/c1-14(2)32-11-19(24(33)29-16-12-36-13-16)18-10-27-22(7-20(18)32)30-21-5-6-26-23(31-21)15(8-25)9-28-37(34,35)17-3-4-17/h5-11,14,16-17H,3-4,12-13,25H2,1-2H3,(H,29,33)(H,26,27,30,31)/b15-8+,28-9-. The third-order valence-corrected chi connectivity index (χ3v) is 7.84. The molecule has 0 aromatic carbocycles. The van der Waals surface area contributed by atoms with Crippen LogP contribution in [0.5, 0.6) is 0 Å². The summed E-state index contributed by atoms with van der Waals surface area (Å²) < 4.78 is 35.1. The minimum atomic E-state index is -3.55. The molecular formula is C24H28N8O4S. The van der Waals surface area contributed by atoms with Crippen molar-refractivity contribution in [3.8, 4) is 0 Å². The molecule has 0 bridgehead atoms. The number of pyridine rings is 1. The number of fused-ring (bicyclic) bond motifs is 1. The number of carbonyl (C=O) groups is 1. The summed E-state index contributed by atoms with van der Waals surface area (Å²) in [5.41, 5.74) is 7.37. The van der Waals surface area contributed by atoms with Gasteiger partial charge in [-0.05, 0) is 32.8 Å². The van der Waals surface area contributed by atoms with Gasteiger partial charge in [-0.1, -0.05) is 0 Å². The number of hydrogen-bond donors (Lipinski definition) is 3. The number of anilines is 2. The molecule has 194 valence electrons. The van der Waals surface area contributed by atoms with Crippen LogP contribution in [0.4, 0.5) is 11.6 Å². The lowest BCUT2D eigenvalue weighted by atomic mass is 10.2. The van der Waals surface area contributed by atoms with E-state index in [-0.39, 0.29) is 29.4 Å².